The minimum absolute atomic E-state index is 0.0830. The van der Waals surface area contributed by atoms with Gasteiger partial charge in [0.05, 0.1) is 6.61 Å². The van der Waals surface area contributed by atoms with Crippen LogP contribution in [-0.4, -0.2) is 89.2 Å². The summed E-state index contributed by atoms with van der Waals surface area (Å²) in [4.78, 5) is 51.2. The van der Waals surface area contributed by atoms with Crippen molar-refractivity contribution in [3.8, 4) is 0 Å². The van der Waals surface area contributed by atoms with Gasteiger partial charge in [-0.3, -0.25) is 14.4 Å². The van der Waals surface area contributed by atoms with Crippen LogP contribution in [0.15, 0.2) is 170 Å². The summed E-state index contributed by atoms with van der Waals surface area (Å²) >= 11 is 0. The Bertz CT molecular complexity index is 2060. The molecule has 0 spiro atoms. The lowest BCUT2D eigenvalue weighted by Crippen LogP contribution is -2.61. The smallest absolute Gasteiger partial charge is 0.335 e. The molecular formula is C69H102O12. The molecule has 81 heavy (non-hydrogen) atoms. The van der Waals surface area contributed by atoms with E-state index in [0.717, 1.165) is 116 Å². The highest BCUT2D eigenvalue weighted by Gasteiger charge is 2.50. The number of hydrogen-bond acceptors (Lipinski definition) is 11. The summed E-state index contributed by atoms with van der Waals surface area (Å²) in [5.74, 6) is -3.37. The second kappa shape index (κ2) is 54.7. The Morgan fingerprint density at radius 1 is 0.407 bits per heavy atom. The lowest BCUT2D eigenvalue weighted by Gasteiger charge is -2.40. The first kappa shape index (κ1) is 73.1. The van der Waals surface area contributed by atoms with Gasteiger partial charge in [-0.1, -0.05) is 210 Å². The molecule has 3 N–H and O–H groups in total. The molecule has 0 amide bonds. The SMILES string of the molecule is CC/C=C\C/C=C\C/C=C\C/C=C\C/C=C\C/C=C\CCC(=O)OC1C(OCC(COC(=O)CCC/C=C\C/C=C\C/C=C\C/C=C\C/C=C\CC)OC(=O)CCCCCCC/C=C\C/C=C\C/C=C\CC)OC(C(=O)O)C(O)C1O. The van der Waals surface area contributed by atoms with Gasteiger partial charge in [0.2, 0.25) is 0 Å². The average Bonchev–Trinajstić information content (AvgIpc) is 3.54. The Morgan fingerprint density at radius 3 is 1.21 bits per heavy atom. The second-order valence-corrected chi connectivity index (χ2v) is 19.5. The van der Waals surface area contributed by atoms with Crippen molar-refractivity contribution in [3.05, 3.63) is 170 Å². The maximum absolute atomic E-state index is 13.2. The van der Waals surface area contributed by atoms with Crippen LogP contribution in [0.3, 0.4) is 0 Å². The molecule has 1 aliphatic heterocycles. The second-order valence-electron chi connectivity index (χ2n) is 19.5. The van der Waals surface area contributed by atoms with Gasteiger partial charge in [-0.25, -0.2) is 4.79 Å². The third-order valence-corrected chi connectivity index (χ3v) is 12.3. The van der Waals surface area contributed by atoms with Crippen LogP contribution in [0.2, 0.25) is 0 Å². The number of rotatable bonds is 48. The van der Waals surface area contributed by atoms with Crippen molar-refractivity contribution in [2.24, 2.45) is 0 Å². The first-order valence-electron chi connectivity index (χ1n) is 30.1. The molecule has 6 atom stereocenters. The molecule has 0 aromatic rings. The van der Waals surface area contributed by atoms with Gasteiger partial charge in [0.1, 0.15) is 18.8 Å². The van der Waals surface area contributed by atoms with E-state index < -0.39 is 67.3 Å². The van der Waals surface area contributed by atoms with Crippen molar-refractivity contribution in [2.45, 2.75) is 225 Å². The maximum atomic E-state index is 13.2. The Morgan fingerprint density at radius 2 is 0.778 bits per heavy atom. The number of carbonyl (C=O) groups excluding carboxylic acids is 3. The quantitative estimate of drug-likeness (QED) is 0.0228. The highest BCUT2D eigenvalue weighted by Crippen LogP contribution is 2.26. The molecule has 450 valence electrons. The van der Waals surface area contributed by atoms with Crippen LogP contribution in [0, 0.1) is 0 Å². The highest BCUT2D eigenvalue weighted by molar-refractivity contribution is 5.74. The summed E-state index contributed by atoms with van der Waals surface area (Å²) in [7, 11) is 0. The van der Waals surface area contributed by atoms with E-state index in [-0.39, 0.29) is 25.9 Å². The number of aliphatic carboxylic acids is 1. The van der Waals surface area contributed by atoms with Gasteiger partial charge in [-0.2, -0.15) is 0 Å². The Kier molecular flexibility index (Phi) is 49.3. The van der Waals surface area contributed by atoms with E-state index in [0.29, 0.717) is 32.1 Å². The number of unbranched alkanes of at least 4 members (excludes halogenated alkanes) is 6. The average molecular weight is 1120 g/mol. The van der Waals surface area contributed by atoms with E-state index in [1.165, 1.54) is 0 Å². The minimum Gasteiger partial charge on any atom is -0.479 e. The standard InChI is InChI=1S/C69H102O12/c1-4-7-10-13-16-19-22-25-28-30-31-33-36-39-42-45-48-51-54-57-63(72)80-67-65(74)64(73)66(68(75)76)81-69(67)78-59-60(79-62(71)56-53-50-47-44-41-38-34-27-24-21-18-15-12-9-6-3)58-77-61(70)55-52-49-46-43-40-37-35-32-29-26-23-20-17-14-11-8-5-2/h7-12,16-21,25-29,31,33-35,37,39,42-43,46,48,51,60,64-67,69,73-74H,4-6,13-15,22-24,30,32,36,38,40-41,44-45,47,49-50,52-59H2,1-3H3,(H,75,76)/b10-7-,11-8-,12-9-,19-16-,20-17-,21-18-,28-25-,29-26-,33-31-,34-27-,37-35-,42-39-,46-43-,51-48-. The maximum Gasteiger partial charge on any atom is 0.335 e. The van der Waals surface area contributed by atoms with Crippen LogP contribution >= 0.6 is 0 Å². The molecule has 12 heteroatoms. The van der Waals surface area contributed by atoms with Gasteiger partial charge in [0.15, 0.2) is 24.6 Å². The van der Waals surface area contributed by atoms with Crippen molar-refractivity contribution in [1.29, 1.82) is 0 Å². The number of carboxylic acids is 1. The number of carbonyl (C=O) groups is 4. The first-order valence-corrected chi connectivity index (χ1v) is 30.1. The number of allylic oxidation sites excluding steroid dienone is 28. The summed E-state index contributed by atoms with van der Waals surface area (Å²) in [5, 5.41) is 31.5. The molecule has 0 radical (unpaired) electrons. The lowest BCUT2D eigenvalue weighted by atomic mass is 9.98. The normalized spacial score (nSPS) is 19.0. The Balaban J connectivity index is 2.79. The molecule has 0 aromatic heterocycles. The van der Waals surface area contributed by atoms with E-state index in [9.17, 15) is 34.5 Å². The fraction of sp³-hybridized carbons (Fsp3) is 0.536. The number of carboxylic acid groups (broad SMARTS) is 1. The van der Waals surface area contributed by atoms with Crippen LogP contribution in [0.4, 0.5) is 0 Å². The number of esters is 3. The van der Waals surface area contributed by atoms with Crippen molar-refractivity contribution < 1.29 is 58.2 Å². The van der Waals surface area contributed by atoms with Crippen LogP contribution in [0.1, 0.15) is 188 Å². The van der Waals surface area contributed by atoms with Crippen LogP contribution in [0.25, 0.3) is 0 Å². The fourth-order valence-electron chi connectivity index (χ4n) is 7.79. The van der Waals surface area contributed by atoms with Gasteiger partial charge in [0, 0.05) is 19.3 Å². The number of aliphatic hydroxyl groups excluding tert-OH is 2. The highest BCUT2D eigenvalue weighted by atomic mass is 16.7. The van der Waals surface area contributed by atoms with Crippen molar-refractivity contribution >= 4 is 23.9 Å². The molecule has 0 aromatic carbocycles. The summed E-state index contributed by atoms with van der Waals surface area (Å²) < 4.78 is 28.3. The van der Waals surface area contributed by atoms with E-state index in [2.05, 4.69) is 161 Å². The summed E-state index contributed by atoms with van der Waals surface area (Å²) in [6, 6.07) is 0. The largest absolute Gasteiger partial charge is 0.479 e. The molecule has 6 unspecified atom stereocenters. The van der Waals surface area contributed by atoms with Gasteiger partial charge >= 0.3 is 23.9 Å². The van der Waals surface area contributed by atoms with Crippen molar-refractivity contribution in [3.63, 3.8) is 0 Å². The number of aliphatic hydroxyl groups is 2. The predicted molar refractivity (Wildman–Crippen MR) is 330 cm³/mol. The van der Waals surface area contributed by atoms with E-state index in [1.807, 2.05) is 30.4 Å². The lowest BCUT2D eigenvalue weighted by molar-refractivity contribution is -0.301. The molecule has 1 aliphatic rings. The van der Waals surface area contributed by atoms with Crippen LogP contribution in [0.5, 0.6) is 0 Å². The topological polar surface area (TPSA) is 175 Å². The van der Waals surface area contributed by atoms with Crippen molar-refractivity contribution in [1.82, 2.24) is 0 Å². The van der Waals surface area contributed by atoms with E-state index in [1.54, 1.807) is 0 Å². The molecule has 12 nitrogen and oxygen atoms in total. The minimum atomic E-state index is -1.95. The van der Waals surface area contributed by atoms with Gasteiger partial charge in [0.25, 0.3) is 0 Å². The summed E-state index contributed by atoms with van der Waals surface area (Å²) in [5.41, 5.74) is 0. The first-order chi connectivity index (χ1) is 39.6. The van der Waals surface area contributed by atoms with Crippen molar-refractivity contribution in [2.75, 3.05) is 13.2 Å². The van der Waals surface area contributed by atoms with Crippen LogP contribution in [-0.2, 0) is 42.9 Å². The Hall–Kier alpha value is -5.92. The molecule has 0 bridgehead atoms. The zero-order chi connectivity index (χ0) is 58.9. The monoisotopic (exact) mass is 1120 g/mol. The predicted octanol–water partition coefficient (Wildman–Crippen LogP) is 15.9. The summed E-state index contributed by atoms with van der Waals surface area (Å²) in [6.07, 6.45) is 69.1. The number of ether oxygens (including phenoxy) is 5. The summed E-state index contributed by atoms with van der Waals surface area (Å²) in [6.45, 7) is 5.54. The van der Waals surface area contributed by atoms with E-state index >= 15 is 0 Å². The zero-order valence-electron chi connectivity index (χ0n) is 49.4. The molecule has 0 saturated carbocycles. The van der Waals surface area contributed by atoms with Crippen LogP contribution < -0.4 is 0 Å². The molecular weight excluding hydrogens is 1020 g/mol. The van der Waals surface area contributed by atoms with Gasteiger partial charge < -0.3 is 39.0 Å². The molecule has 0 aliphatic carbocycles. The molecule has 1 saturated heterocycles. The molecule has 1 fully saturated rings. The molecule has 1 heterocycles. The number of hydrogen-bond donors (Lipinski definition) is 3. The Labute approximate surface area is 487 Å². The van der Waals surface area contributed by atoms with Gasteiger partial charge in [-0.05, 0) is 128 Å². The third-order valence-electron chi connectivity index (χ3n) is 12.3. The van der Waals surface area contributed by atoms with Gasteiger partial charge in [-0.15, -0.1) is 0 Å². The molecule has 1 rings (SSSR count). The van der Waals surface area contributed by atoms with E-state index in [4.69, 9.17) is 23.7 Å². The fourth-order valence-corrected chi connectivity index (χ4v) is 7.79. The third kappa shape index (κ3) is 44.4. The zero-order valence-corrected chi connectivity index (χ0v) is 49.4.